The molecule has 2 rings (SSSR count). The molecule has 0 heterocycles. The molecule has 0 aromatic heterocycles. The van der Waals surface area contributed by atoms with Crippen molar-refractivity contribution in [3.63, 3.8) is 0 Å². The number of hydrogen-bond acceptors (Lipinski definition) is 2. The summed E-state index contributed by atoms with van der Waals surface area (Å²) in [6.07, 6.45) is -4.35. The van der Waals surface area contributed by atoms with Gasteiger partial charge in [-0.3, -0.25) is 4.79 Å². The minimum absolute atomic E-state index is 0.185. The van der Waals surface area contributed by atoms with Crippen LogP contribution < -0.4 is 5.32 Å². The van der Waals surface area contributed by atoms with Gasteiger partial charge in [0, 0.05) is 17.9 Å². The summed E-state index contributed by atoms with van der Waals surface area (Å²) >= 11 is 1.81. The molecule has 0 aliphatic carbocycles. The molecule has 2 aromatic carbocycles. The Bertz CT molecular complexity index is 666. The number of alkyl halides is 3. The molecule has 0 atom stereocenters. The maximum Gasteiger partial charge on any atom is 0.416 e. The third-order valence-corrected chi connectivity index (χ3v) is 4.37. The van der Waals surface area contributed by atoms with Crippen molar-refractivity contribution in [3.05, 3.63) is 70.8 Å². The van der Waals surface area contributed by atoms with Crippen LogP contribution in [0.3, 0.4) is 0 Å². The summed E-state index contributed by atoms with van der Waals surface area (Å²) in [6, 6.07) is 12.1. The van der Waals surface area contributed by atoms with Crippen molar-refractivity contribution < 1.29 is 18.0 Å². The molecule has 1 amide bonds. The molecule has 0 spiro atoms. The molecule has 24 heavy (non-hydrogen) atoms. The number of halogens is 3. The average molecular weight is 353 g/mol. The lowest BCUT2D eigenvalue weighted by molar-refractivity contribution is -0.137. The molecule has 1 N–H and O–H groups in total. The number of carbonyl (C=O) groups is 1. The molecule has 0 fully saturated rings. The van der Waals surface area contributed by atoms with Crippen molar-refractivity contribution in [2.24, 2.45) is 0 Å². The first kappa shape index (κ1) is 18.4. The van der Waals surface area contributed by atoms with E-state index in [-0.39, 0.29) is 12.5 Å². The molecule has 2 nitrogen and oxygen atoms in total. The van der Waals surface area contributed by atoms with E-state index in [0.29, 0.717) is 11.1 Å². The highest BCUT2D eigenvalue weighted by Crippen LogP contribution is 2.29. The highest BCUT2D eigenvalue weighted by molar-refractivity contribution is 7.98. The SMILES string of the molecule is CCSCc1ccc(C(=O)NCc2ccc(C(F)(F)F)cc2)cc1. The molecular weight excluding hydrogens is 335 g/mol. The van der Waals surface area contributed by atoms with Crippen LogP contribution >= 0.6 is 11.8 Å². The van der Waals surface area contributed by atoms with E-state index in [1.165, 1.54) is 12.1 Å². The minimum atomic E-state index is -4.35. The molecule has 0 aliphatic heterocycles. The summed E-state index contributed by atoms with van der Waals surface area (Å²) in [5.41, 5.74) is 1.61. The van der Waals surface area contributed by atoms with E-state index in [4.69, 9.17) is 0 Å². The Morgan fingerprint density at radius 3 is 2.12 bits per heavy atom. The zero-order valence-electron chi connectivity index (χ0n) is 13.2. The third-order valence-electron chi connectivity index (χ3n) is 3.42. The topological polar surface area (TPSA) is 29.1 Å². The summed E-state index contributed by atoms with van der Waals surface area (Å²) in [5.74, 6) is 1.70. The lowest BCUT2D eigenvalue weighted by Gasteiger charge is -2.09. The number of thioether (sulfide) groups is 1. The lowest BCUT2D eigenvalue weighted by atomic mass is 10.1. The Labute approximate surface area is 143 Å². The summed E-state index contributed by atoms with van der Waals surface area (Å²) in [6.45, 7) is 2.28. The van der Waals surface area contributed by atoms with Crippen LogP contribution in [-0.4, -0.2) is 11.7 Å². The van der Waals surface area contributed by atoms with Gasteiger partial charge in [0.25, 0.3) is 5.91 Å². The third kappa shape index (κ3) is 5.30. The smallest absolute Gasteiger partial charge is 0.348 e. The van der Waals surface area contributed by atoms with Gasteiger partial charge in [0.05, 0.1) is 5.56 Å². The van der Waals surface area contributed by atoms with E-state index in [1.807, 2.05) is 12.1 Å². The second kappa shape index (κ2) is 8.24. The number of carbonyl (C=O) groups excluding carboxylic acids is 1. The number of rotatable bonds is 6. The zero-order chi connectivity index (χ0) is 17.6. The minimum Gasteiger partial charge on any atom is -0.348 e. The Balaban J connectivity index is 1.90. The Hall–Kier alpha value is -1.95. The van der Waals surface area contributed by atoms with Crippen LogP contribution in [0.4, 0.5) is 13.2 Å². The van der Waals surface area contributed by atoms with Crippen molar-refractivity contribution in [2.75, 3.05) is 5.75 Å². The van der Waals surface area contributed by atoms with Crippen LogP contribution in [-0.2, 0) is 18.5 Å². The highest BCUT2D eigenvalue weighted by atomic mass is 32.2. The van der Waals surface area contributed by atoms with Gasteiger partial charge in [-0.05, 0) is 41.1 Å². The number of hydrogen-bond donors (Lipinski definition) is 1. The standard InChI is InChI=1S/C18H18F3NOS/c1-2-24-12-14-3-7-15(8-4-14)17(23)22-11-13-5-9-16(10-6-13)18(19,20)21/h3-10H,2,11-12H2,1H3,(H,22,23). The van der Waals surface area contributed by atoms with Crippen LogP contribution in [0.2, 0.25) is 0 Å². The van der Waals surface area contributed by atoms with Gasteiger partial charge >= 0.3 is 6.18 Å². The second-order valence-electron chi connectivity index (χ2n) is 5.21. The summed E-state index contributed by atoms with van der Waals surface area (Å²) in [5, 5.41) is 2.71. The fourth-order valence-corrected chi connectivity index (χ4v) is 2.70. The van der Waals surface area contributed by atoms with Crippen LogP contribution in [0.1, 0.15) is 34.0 Å². The average Bonchev–Trinajstić information content (AvgIpc) is 2.58. The van der Waals surface area contributed by atoms with E-state index < -0.39 is 11.7 Å². The van der Waals surface area contributed by atoms with Crippen LogP contribution in [0.5, 0.6) is 0 Å². The quantitative estimate of drug-likeness (QED) is 0.801. The Morgan fingerprint density at radius 2 is 1.58 bits per heavy atom. The monoisotopic (exact) mass is 353 g/mol. The van der Waals surface area contributed by atoms with Crippen molar-refractivity contribution in [1.29, 1.82) is 0 Å². The largest absolute Gasteiger partial charge is 0.416 e. The van der Waals surface area contributed by atoms with Crippen molar-refractivity contribution in [3.8, 4) is 0 Å². The number of nitrogens with one attached hydrogen (secondary N) is 1. The molecule has 0 aliphatic rings. The van der Waals surface area contributed by atoms with E-state index in [2.05, 4.69) is 12.2 Å². The lowest BCUT2D eigenvalue weighted by Crippen LogP contribution is -2.22. The van der Waals surface area contributed by atoms with Crippen LogP contribution in [0.15, 0.2) is 48.5 Å². The second-order valence-corrected chi connectivity index (χ2v) is 6.49. The molecule has 0 radical (unpaired) electrons. The van der Waals surface area contributed by atoms with Crippen molar-refractivity contribution in [2.45, 2.75) is 25.4 Å². The van der Waals surface area contributed by atoms with Gasteiger partial charge in [-0.25, -0.2) is 0 Å². The van der Waals surface area contributed by atoms with Crippen molar-refractivity contribution in [1.82, 2.24) is 5.32 Å². The fraction of sp³-hybridized carbons (Fsp3) is 0.278. The maximum absolute atomic E-state index is 12.5. The van der Waals surface area contributed by atoms with Gasteiger partial charge in [-0.1, -0.05) is 31.2 Å². The molecule has 0 saturated carbocycles. The Kier molecular flexibility index (Phi) is 6.31. The van der Waals surface area contributed by atoms with Gasteiger partial charge in [-0.2, -0.15) is 24.9 Å². The predicted octanol–water partition coefficient (Wildman–Crippen LogP) is 4.89. The van der Waals surface area contributed by atoms with Crippen LogP contribution in [0, 0.1) is 0 Å². The zero-order valence-corrected chi connectivity index (χ0v) is 14.0. The van der Waals surface area contributed by atoms with Gasteiger partial charge in [0.2, 0.25) is 0 Å². The first-order valence-electron chi connectivity index (χ1n) is 7.51. The van der Waals surface area contributed by atoms with Crippen molar-refractivity contribution >= 4 is 17.7 Å². The molecular formula is C18H18F3NOS. The maximum atomic E-state index is 12.5. The fourth-order valence-electron chi connectivity index (χ4n) is 2.07. The number of amides is 1. The Morgan fingerprint density at radius 1 is 1.00 bits per heavy atom. The van der Waals surface area contributed by atoms with E-state index in [9.17, 15) is 18.0 Å². The normalized spacial score (nSPS) is 11.3. The number of benzene rings is 2. The molecule has 6 heteroatoms. The molecule has 0 bridgehead atoms. The van der Waals surface area contributed by atoms with Crippen LogP contribution in [0.25, 0.3) is 0 Å². The molecule has 0 unspecified atom stereocenters. The first-order chi connectivity index (χ1) is 11.4. The summed E-state index contributed by atoms with van der Waals surface area (Å²) < 4.78 is 37.5. The van der Waals surface area contributed by atoms with Gasteiger partial charge in [0.15, 0.2) is 0 Å². The summed E-state index contributed by atoms with van der Waals surface area (Å²) in [7, 11) is 0. The van der Waals surface area contributed by atoms with Gasteiger partial charge in [0.1, 0.15) is 0 Å². The first-order valence-corrected chi connectivity index (χ1v) is 8.66. The van der Waals surface area contributed by atoms with E-state index >= 15 is 0 Å². The van der Waals surface area contributed by atoms with Gasteiger partial charge < -0.3 is 5.32 Å². The van der Waals surface area contributed by atoms with E-state index in [1.54, 1.807) is 23.9 Å². The molecule has 0 saturated heterocycles. The van der Waals surface area contributed by atoms with E-state index in [0.717, 1.165) is 29.2 Å². The predicted molar refractivity (Wildman–Crippen MR) is 90.9 cm³/mol. The molecule has 2 aromatic rings. The van der Waals surface area contributed by atoms with Gasteiger partial charge in [-0.15, -0.1) is 0 Å². The summed E-state index contributed by atoms with van der Waals surface area (Å²) in [4.78, 5) is 12.1. The molecule has 128 valence electrons. The highest BCUT2D eigenvalue weighted by Gasteiger charge is 2.29.